The molecule has 10 heteroatoms. The molecule has 0 unspecified atom stereocenters. The summed E-state index contributed by atoms with van der Waals surface area (Å²) in [5, 5.41) is 7.21. The first-order chi connectivity index (χ1) is 10.3. The molecule has 2 heterocycles. The number of nitrogens with zero attached hydrogens (tertiary/aromatic N) is 2. The van der Waals surface area contributed by atoms with Crippen molar-refractivity contribution < 1.29 is 27.0 Å². The second-order valence-corrected chi connectivity index (χ2v) is 6.27. The van der Waals surface area contributed by atoms with Gasteiger partial charge in [0.25, 0.3) is 0 Å². The van der Waals surface area contributed by atoms with Crippen LogP contribution in [-0.2, 0) is 26.2 Å². The predicted molar refractivity (Wildman–Crippen MR) is 72.2 cm³/mol. The maximum absolute atomic E-state index is 12.1. The standard InChI is InChI=1S/C12H15N3O6S/c1-7-4-10(15-20-7)6-19-11(16)5-13-22(17,18)12-8(2)14-21-9(12)3/h4,13H,5-6H2,1-3H3. The minimum atomic E-state index is -3.89. The second kappa shape index (κ2) is 6.28. The highest BCUT2D eigenvalue weighted by atomic mass is 32.2. The number of esters is 1. The van der Waals surface area contributed by atoms with E-state index in [1.165, 1.54) is 13.8 Å². The Morgan fingerprint density at radius 1 is 1.27 bits per heavy atom. The van der Waals surface area contributed by atoms with Crippen molar-refractivity contribution in [2.24, 2.45) is 0 Å². The Bertz CT molecular complexity index is 757. The van der Waals surface area contributed by atoms with Gasteiger partial charge in [0, 0.05) is 6.07 Å². The molecule has 0 radical (unpaired) electrons. The van der Waals surface area contributed by atoms with Crippen molar-refractivity contribution in [3.63, 3.8) is 0 Å². The summed E-state index contributed by atoms with van der Waals surface area (Å²) in [6.45, 7) is 4.07. The summed E-state index contributed by atoms with van der Waals surface area (Å²) >= 11 is 0. The van der Waals surface area contributed by atoms with Gasteiger partial charge in [-0.1, -0.05) is 10.3 Å². The summed E-state index contributed by atoms with van der Waals surface area (Å²) in [6, 6.07) is 1.61. The monoisotopic (exact) mass is 329 g/mol. The van der Waals surface area contributed by atoms with E-state index >= 15 is 0 Å². The molecule has 1 N–H and O–H groups in total. The average molecular weight is 329 g/mol. The zero-order chi connectivity index (χ0) is 16.3. The van der Waals surface area contributed by atoms with E-state index in [4.69, 9.17) is 13.8 Å². The average Bonchev–Trinajstić information content (AvgIpc) is 3.00. The fourth-order valence-electron chi connectivity index (χ4n) is 1.78. The molecule has 9 nitrogen and oxygen atoms in total. The van der Waals surface area contributed by atoms with Gasteiger partial charge in [0.15, 0.2) is 5.76 Å². The van der Waals surface area contributed by atoms with Gasteiger partial charge in [0.1, 0.15) is 35.2 Å². The van der Waals surface area contributed by atoms with Gasteiger partial charge in [-0.05, 0) is 20.8 Å². The number of hydrogen-bond donors (Lipinski definition) is 1. The van der Waals surface area contributed by atoms with E-state index in [9.17, 15) is 13.2 Å². The Kier molecular flexibility index (Phi) is 4.62. The lowest BCUT2D eigenvalue weighted by Crippen LogP contribution is -2.31. The van der Waals surface area contributed by atoms with Gasteiger partial charge in [0.2, 0.25) is 10.0 Å². The third-order valence-corrected chi connectivity index (χ3v) is 4.35. The van der Waals surface area contributed by atoms with Gasteiger partial charge in [-0.25, -0.2) is 8.42 Å². The molecular weight excluding hydrogens is 314 g/mol. The molecule has 0 aliphatic carbocycles. The predicted octanol–water partition coefficient (Wildman–Crippen LogP) is 0.610. The van der Waals surface area contributed by atoms with Crippen LogP contribution in [0.25, 0.3) is 0 Å². The molecule has 2 aromatic heterocycles. The topological polar surface area (TPSA) is 125 Å². The van der Waals surface area contributed by atoms with E-state index in [0.717, 1.165) is 0 Å². The zero-order valence-electron chi connectivity index (χ0n) is 12.2. The summed E-state index contributed by atoms with van der Waals surface area (Å²) in [6.07, 6.45) is 0. The maximum Gasteiger partial charge on any atom is 0.321 e. The minimum Gasteiger partial charge on any atom is -0.458 e. The van der Waals surface area contributed by atoms with Crippen LogP contribution in [-0.4, -0.2) is 31.2 Å². The molecule has 0 aromatic carbocycles. The third-order valence-electron chi connectivity index (χ3n) is 2.70. The number of carbonyl (C=O) groups is 1. The molecule has 2 aromatic rings. The fraction of sp³-hybridized carbons (Fsp3) is 0.417. The van der Waals surface area contributed by atoms with Crippen LogP contribution in [0.3, 0.4) is 0 Å². The summed E-state index contributed by atoms with van der Waals surface area (Å²) in [5.74, 6) is -0.00223. The highest BCUT2D eigenvalue weighted by Gasteiger charge is 2.24. The van der Waals surface area contributed by atoms with Crippen LogP contribution in [0.2, 0.25) is 0 Å². The zero-order valence-corrected chi connectivity index (χ0v) is 13.1. The largest absolute Gasteiger partial charge is 0.458 e. The first kappa shape index (κ1) is 16.2. The second-order valence-electron chi connectivity index (χ2n) is 4.57. The van der Waals surface area contributed by atoms with E-state index in [1.807, 2.05) is 0 Å². The number of nitrogens with one attached hydrogen (secondary N) is 1. The van der Waals surface area contributed by atoms with Crippen LogP contribution >= 0.6 is 0 Å². The molecular formula is C12H15N3O6S. The van der Waals surface area contributed by atoms with Gasteiger partial charge in [-0.3, -0.25) is 4.79 Å². The van der Waals surface area contributed by atoms with E-state index in [1.54, 1.807) is 13.0 Å². The lowest BCUT2D eigenvalue weighted by molar-refractivity contribution is -0.143. The normalized spacial score (nSPS) is 11.6. The molecule has 0 atom stereocenters. The first-order valence-corrected chi connectivity index (χ1v) is 7.78. The lowest BCUT2D eigenvalue weighted by atomic mass is 10.4. The third kappa shape index (κ3) is 3.71. The number of aromatic nitrogens is 2. The quantitative estimate of drug-likeness (QED) is 0.764. The van der Waals surface area contributed by atoms with Crippen molar-refractivity contribution in [3.05, 3.63) is 29.0 Å². The van der Waals surface area contributed by atoms with Gasteiger partial charge < -0.3 is 13.8 Å². The van der Waals surface area contributed by atoms with Crippen molar-refractivity contribution in [3.8, 4) is 0 Å². The SMILES string of the molecule is Cc1cc(COC(=O)CNS(=O)(=O)c2c(C)noc2C)no1. The molecule has 22 heavy (non-hydrogen) atoms. The number of carbonyl (C=O) groups excluding carboxylic acids is 1. The van der Waals surface area contributed by atoms with Gasteiger partial charge in [-0.2, -0.15) is 4.72 Å². The molecule has 0 saturated carbocycles. The summed E-state index contributed by atoms with van der Waals surface area (Å²) in [4.78, 5) is 11.5. The minimum absolute atomic E-state index is 0.0765. The molecule has 0 bridgehead atoms. The molecule has 0 aliphatic heterocycles. The molecule has 2 rings (SSSR count). The molecule has 0 spiro atoms. The number of sulfonamides is 1. The van der Waals surface area contributed by atoms with Crippen molar-refractivity contribution in [2.75, 3.05) is 6.54 Å². The Morgan fingerprint density at radius 3 is 2.55 bits per heavy atom. The number of rotatable bonds is 6. The van der Waals surface area contributed by atoms with Gasteiger partial charge >= 0.3 is 5.97 Å². The summed E-state index contributed by atoms with van der Waals surface area (Å²) in [7, 11) is -3.89. The Morgan fingerprint density at radius 2 is 2.00 bits per heavy atom. The van der Waals surface area contributed by atoms with Crippen molar-refractivity contribution in [2.45, 2.75) is 32.3 Å². The molecule has 0 amide bonds. The van der Waals surface area contributed by atoms with E-state index < -0.39 is 22.5 Å². The number of ether oxygens (including phenoxy) is 1. The maximum atomic E-state index is 12.1. The van der Waals surface area contributed by atoms with Crippen molar-refractivity contribution >= 4 is 16.0 Å². The number of aryl methyl sites for hydroxylation is 3. The van der Waals surface area contributed by atoms with Gasteiger partial charge in [-0.15, -0.1) is 0 Å². The van der Waals surface area contributed by atoms with Crippen LogP contribution in [0.4, 0.5) is 0 Å². The van der Waals surface area contributed by atoms with Crippen LogP contribution in [0.5, 0.6) is 0 Å². The van der Waals surface area contributed by atoms with E-state index in [0.29, 0.717) is 11.5 Å². The smallest absolute Gasteiger partial charge is 0.321 e. The van der Waals surface area contributed by atoms with Crippen LogP contribution < -0.4 is 4.72 Å². The summed E-state index contributed by atoms with van der Waals surface area (Å²) < 4.78 is 40.8. The summed E-state index contributed by atoms with van der Waals surface area (Å²) in [5.41, 5.74) is 0.663. The Hall–Kier alpha value is -2.20. The highest BCUT2D eigenvalue weighted by molar-refractivity contribution is 7.89. The van der Waals surface area contributed by atoms with Gasteiger partial charge in [0.05, 0.1) is 0 Å². The van der Waals surface area contributed by atoms with E-state index in [2.05, 4.69) is 15.0 Å². The first-order valence-electron chi connectivity index (χ1n) is 6.30. The fourth-order valence-corrected chi connectivity index (χ4v) is 3.07. The van der Waals surface area contributed by atoms with Crippen LogP contribution in [0, 0.1) is 20.8 Å². The Labute approximate surface area is 126 Å². The van der Waals surface area contributed by atoms with Crippen LogP contribution in [0.15, 0.2) is 20.0 Å². The molecule has 120 valence electrons. The van der Waals surface area contributed by atoms with Crippen molar-refractivity contribution in [1.29, 1.82) is 0 Å². The molecule has 0 aliphatic rings. The molecule has 0 saturated heterocycles. The van der Waals surface area contributed by atoms with E-state index in [-0.39, 0.29) is 23.0 Å². The highest BCUT2D eigenvalue weighted by Crippen LogP contribution is 2.18. The molecule has 0 fully saturated rings. The van der Waals surface area contributed by atoms with Crippen molar-refractivity contribution in [1.82, 2.24) is 15.0 Å². The van der Waals surface area contributed by atoms with Crippen LogP contribution in [0.1, 0.15) is 22.9 Å². The number of hydrogen-bond acceptors (Lipinski definition) is 8. The Balaban J connectivity index is 1.90. The lowest BCUT2D eigenvalue weighted by Gasteiger charge is -2.06.